The Morgan fingerprint density at radius 3 is 2.60 bits per heavy atom. The Hall–Kier alpha value is -1.88. The van der Waals surface area contributed by atoms with E-state index in [9.17, 15) is 9.18 Å². The van der Waals surface area contributed by atoms with Gasteiger partial charge in [0.05, 0.1) is 4.47 Å². The van der Waals surface area contributed by atoms with Crippen molar-refractivity contribution >= 4 is 27.5 Å². The van der Waals surface area contributed by atoms with Crippen molar-refractivity contribution in [2.75, 3.05) is 11.9 Å². The topological polar surface area (TPSA) is 38.3 Å². The molecule has 5 heteroatoms. The van der Waals surface area contributed by atoms with Crippen LogP contribution in [0, 0.1) is 12.7 Å². The number of aryl methyl sites for hydroxylation is 1. The Bertz CT molecular complexity index is 614. The molecule has 0 fully saturated rings. The highest BCUT2D eigenvalue weighted by atomic mass is 79.9. The molecule has 2 aromatic rings. The molecule has 2 rings (SSSR count). The van der Waals surface area contributed by atoms with Gasteiger partial charge in [0.15, 0.2) is 6.61 Å². The maximum Gasteiger partial charge on any atom is 0.262 e. The number of halogens is 2. The van der Waals surface area contributed by atoms with Crippen molar-refractivity contribution in [1.29, 1.82) is 0 Å². The first-order valence-corrected chi connectivity index (χ1v) is 6.78. The summed E-state index contributed by atoms with van der Waals surface area (Å²) in [5.41, 5.74) is 1.83. The van der Waals surface area contributed by atoms with Gasteiger partial charge < -0.3 is 10.1 Å². The average molecular weight is 338 g/mol. The van der Waals surface area contributed by atoms with E-state index in [0.29, 0.717) is 15.9 Å². The van der Waals surface area contributed by atoms with Crippen molar-refractivity contribution in [3.8, 4) is 5.75 Å². The highest BCUT2D eigenvalue weighted by Gasteiger charge is 2.05. The molecule has 0 aliphatic heterocycles. The van der Waals surface area contributed by atoms with Gasteiger partial charge in [0, 0.05) is 5.69 Å². The lowest BCUT2D eigenvalue weighted by atomic mass is 10.2. The first-order valence-electron chi connectivity index (χ1n) is 5.99. The molecule has 0 unspecified atom stereocenters. The van der Waals surface area contributed by atoms with Crippen LogP contribution in [0.1, 0.15) is 5.56 Å². The highest BCUT2D eigenvalue weighted by molar-refractivity contribution is 9.10. The maximum atomic E-state index is 13.0. The fraction of sp³-hybridized carbons (Fsp3) is 0.133. The molecule has 0 aromatic heterocycles. The molecule has 20 heavy (non-hydrogen) atoms. The van der Waals surface area contributed by atoms with E-state index in [2.05, 4.69) is 21.2 Å². The van der Waals surface area contributed by atoms with Crippen molar-refractivity contribution in [3.05, 3.63) is 58.3 Å². The van der Waals surface area contributed by atoms with Gasteiger partial charge in [0.25, 0.3) is 5.91 Å². The lowest BCUT2D eigenvalue weighted by molar-refractivity contribution is -0.118. The summed E-state index contributed by atoms with van der Waals surface area (Å²) in [4.78, 5) is 11.7. The molecule has 0 aliphatic rings. The molecule has 0 spiro atoms. The van der Waals surface area contributed by atoms with Crippen LogP contribution in [0.25, 0.3) is 0 Å². The van der Waals surface area contributed by atoms with Crippen molar-refractivity contribution < 1.29 is 13.9 Å². The summed E-state index contributed by atoms with van der Waals surface area (Å²) in [6.07, 6.45) is 0. The molecule has 2 aromatic carbocycles. The zero-order valence-corrected chi connectivity index (χ0v) is 12.4. The van der Waals surface area contributed by atoms with Gasteiger partial charge in [-0.15, -0.1) is 0 Å². The molecule has 3 nitrogen and oxygen atoms in total. The lowest BCUT2D eigenvalue weighted by Crippen LogP contribution is -2.20. The molecule has 0 aliphatic carbocycles. The zero-order chi connectivity index (χ0) is 14.5. The third kappa shape index (κ3) is 4.06. The number of nitrogens with one attached hydrogen (secondary N) is 1. The molecule has 0 bridgehead atoms. The summed E-state index contributed by atoms with van der Waals surface area (Å²) in [5, 5.41) is 2.72. The van der Waals surface area contributed by atoms with Gasteiger partial charge in [-0.2, -0.15) is 0 Å². The molecule has 0 saturated carbocycles. The zero-order valence-electron chi connectivity index (χ0n) is 10.8. The molecule has 0 heterocycles. The van der Waals surface area contributed by atoms with Crippen LogP contribution in [-0.2, 0) is 4.79 Å². The number of amides is 1. The molecular formula is C15H13BrFNO2. The van der Waals surface area contributed by atoms with E-state index < -0.39 is 0 Å². The minimum Gasteiger partial charge on any atom is -0.484 e. The van der Waals surface area contributed by atoms with Gasteiger partial charge in [-0.25, -0.2) is 4.39 Å². The monoisotopic (exact) mass is 337 g/mol. The second-order valence-electron chi connectivity index (χ2n) is 4.28. The van der Waals surface area contributed by atoms with E-state index in [0.717, 1.165) is 5.56 Å². The van der Waals surface area contributed by atoms with E-state index in [1.807, 2.05) is 31.2 Å². The van der Waals surface area contributed by atoms with Gasteiger partial charge in [0.1, 0.15) is 11.6 Å². The van der Waals surface area contributed by atoms with Crippen LogP contribution in [0.3, 0.4) is 0 Å². The van der Waals surface area contributed by atoms with Crippen LogP contribution < -0.4 is 10.1 Å². The van der Waals surface area contributed by atoms with Crippen molar-refractivity contribution in [2.24, 2.45) is 0 Å². The summed E-state index contributed by atoms with van der Waals surface area (Å²) in [7, 11) is 0. The van der Waals surface area contributed by atoms with E-state index >= 15 is 0 Å². The molecule has 0 atom stereocenters. The van der Waals surface area contributed by atoms with Crippen molar-refractivity contribution in [3.63, 3.8) is 0 Å². The number of ether oxygens (including phenoxy) is 1. The lowest BCUT2D eigenvalue weighted by Gasteiger charge is -2.08. The minimum absolute atomic E-state index is 0.133. The quantitative estimate of drug-likeness (QED) is 0.918. The van der Waals surface area contributed by atoms with Gasteiger partial charge in [0.2, 0.25) is 0 Å². The summed E-state index contributed by atoms with van der Waals surface area (Å²) in [5.74, 6) is -0.215. The number of hydrogen-bond acceptors (Lipinski definition) is 2. The Labute approximate surface area is 124 Å². The molecule has 0 radical (unpaired) electrons. The van der Waals surface area contributed by atoms with Crippen LogP contribution in [0.15, 0.2) is 46.9 Å². The number of anilines is 1. The largest absolute Gasteiger partial charge is 0.484 e. The Kier molecular flexibility index (Phi) is 4.74. The third-order valence-electron chi connectivity index (χ3n) is 2.60. The van der Waals surface area contributed by atoms with Gasteiger partial charge >= 0.3 is 0 Å². The number of rotatable bonds is 4. The summed E-state index contributed by atoms with van der Waals surface area (Å²) in [6, 6.07) is 11.7. The predicted molar refractivity (Wildman–Crippen MR) is 79.4 cm³/mol. The number of benzene rings is 2. The second-order valence-corrected chi connectivity index (χ2v) is 5.13. The van der Waals surface area contributed by atoms with Crippen LogP contribution in [0.4, 0.5) is 10.1 Å². The molecule has 104 valence electrons. The van der Waals surface area contributed by atoms with Crippen LogP contribution >= 0.6 is 15.9 Å². The smallest absolute Gasteiger partial charge is 0.262 e. The van der Waals surface area contributed by atoms with Gasteiger partial charge in [-0.1, -0.05) is 17.7 Å². The van der Waals surface area contributed by atoms with E-state index in [1.165, 1.54) is 18.2 Å². The average Bonchev–Trinajstić information content (AvgIpc) is 2.43. The van der Waals surface area contributed by atoms with E-state index in [4.69, 9.17) is 4.74 Å². The fourth-order valence-corrected chi connectivity index (χ4v) is 1.91. The van der Waals surface area contributed by atoms with Gasteiger partial charge in [-0.3, -0.25) is 4.79 Å². The fourth-order valence-electron chi connectivity index (χ4n) is 1.55. The number of hydrogen-bond donors (Lipinski definition) is 1. The van der Waals surface area contributed by atoms with Crippen LogP contribution in [0.2, 0.25) is 0 Å². The van der Waals surface area contributed by atoms with E-state index in [1.54, 1.807) is 0 Å². The maximum absolute atomic E-state index is 13.0. The molecular weight excluding hydrogens is 325 g/mol. The van der Waals surface area contributed by atoms with Crippen molar-refractivity contribution in [2.45, 2.75) is 6.92 Å². The van der Waals surface area contributed by atoms with Crippen molar-refractivity contribution in [1.82, 2.24) is 0 Å². The number of carbonyl (C=O) groups is 1. The summed E-state index contributed by atoms with van der Waals surface area (Å²) < 4.78 is 18.6. The third-order valence-corrected chi connectivity index (χ3v) is 3.20. The standard InChI is InChI=1S/C15H13BrFNO2/c1-10-2-4-11(5-3-10)18-15(19)9-20-12-6-7-14(17)13(16)8-12/h2-8H,9H2,1H3,(H,18,19). The predicted octanol–water partition coefficient (Wildman–Crippen LogP) is 3.91. The Morgan fingerprint density at radius 2 is 1.95 bits per heavy atom. The van der Waals surface area contributed by atoms with E-state index in [-0.39, 0.29) is 18.3 Å². The summed E-state index contributed by atoms with van der Waals surface area (Å²) >= 11 is 3.06. The Balaban J connectivity index is 1.88. The van der Waals surface area contributed by atoms with Crippen LogP contribution in [-0.4, -0.2) is 12.5 Å². The number of carbonyl (C=O) groups excluding carboxylic acids is 1. The second kappa shape index (κ2) is 6.52. The Morgan fingerprint density at radius 1 is 1.25 bits per heavy atom. The normalized spacial score (nSPS) is 10.2. The molecule has 1 amide bonds. The molecule has 1 N–H and O–H groups in total. The minimum atomic E-state index is -0.374. The molecule has 0 saturated heterocycles. The van der Waals surface area contributed by atoms with Crippen LogP contribution in [0.5, 0.6) is 5.75 Å². The first-order chi connectivity index (χ1) is 9.54. The first kappa shape index (κ1) is 14.5. The SMILES string of the molecule is Cc1ccc(NC(=O)COc2ccc(F)c(Br)c2)cc1. The van der Waals surface area contributed by atoms with Gasteiger partial charge in [-0.05, 0) is 53.2 Å². The summed E-state index contributed by atoms with van der Waals surface area (Å²) in [6.45, 7) is 1.84. The highest BCUT2D eigenvalue weighted by Crippen LogP contribution is 2.21.